The topological polar surface area (TPSA) is 64.8 Å². The van der Waals surface area contributed by atoms with Crippen LogP contribution in [0.15, 0.2) is 0 Å². The maximum absolute atomic E-state index is 12.4. The number of carbonyl (C=O) groups excluding carboxylic acids is 1. The Morgan fingerprint density at radius 1 is 1.42 bits per heavy atom. The first kappa shape index (κ1) is 14.8. The van der Waals surface area contributed by atoms with Crippen molar-refractivity contribution in [3.63, 3.8) is 0 Å². The largest absolute Gasteiger partial charge is 0.381 e. The molecule has 0 radical (unpaired) electrons. The van der Waals surface area contributed by atoms with E-state index >= 15 is 0 Å². The fraction of sp³-hybridized carbons (Fsp3) is 0.929. The average Bonchev–Trinajstić information content (AvgIpc) is 2.93. The summed E-state index contributed by atoms with van der Waals surface area (Å²) in [6, 6.07) is 0. The highest BCUT2D eigenvalue weighted by Gasteiger charge is 2.34. The molecule has 2 rings (SSSR count). The highest BCUT2D eigenvalue weighted by atomic mass is 16.5. The van der Waals surface area contributed by atoms with Gasteiger partial charge in [0.15, 0.2) is 0 Å². The second-order valence-electron chi connectivity index (χ2n) is 5.51. The van der Waals surface area contributed by atoms with Gasteiger partial charge in [0.2, 0.25) is 0 Å². The lowest BCUT2D eigenvalue weighted by Gasteiger charge is -2.34. The molecule has 1 amide bonds. The van der Waals surface area contributed by atoms with Crippen LogP contribution in [0.25, 0.3) is 0 Å². The van der Waals surface area contributed by atoms with Crippen LogP contribution in [0.5, 0.6) is 0 Å². The molecule has 3 atom stereocenters. The van der Waals surface area contributed by atoms with Gasteiger partial charge in [-0.3, -0.25) is 4.79 Å². The molecule has 0 aromatic rings. The molecular formula is C14H26N2O3. The van der Waals surface area contributed by atoms with E-state index in [1.807, 2.05) is 11.8 Å². The first-order chi connectivity index (χ1) is 9.24. The molecule has 2 fully saturated rings. The van der Waals surface area contributed by atoms with E-state index in [1.165, 1.54) is 0 Å². The standard InChI is InChI=1S/C14H26N2O3/c1-2-18-10-11-4-3-7-16(9-11)14(17)13-6-5-12(8-15)19-13/h11-13H,2-10,15H2,1H3/t11?,12-,13+/m1/s1. The number of ether oxygens (including phenoxy) is 2. The second-order valence-corrected chi connectivity index (χ2v) is 5.51. The Morgan fingerprint density at radius 2 is 2.26 bits per heavy atom. The molecule has 2 aliphatic heterocycles. The van der Waals surface area contributed by atoms with E-state index in [0.717, 1.165) is 52.0 Å². The van der Waals surface area contributed by atoms with Crippen molar-refractivity contribution in [3.05, 3.63) is 0 Å². The van der Waals surface area contributed by atoms with Crippen LogP contribution in [-0.4, -0.2) is 55.9 Å². The monoisotopic (exact) mass is 270 g/mol. The molecule has 19 heavy (non-hydrogen) atoms. The van der Waals surface area contributed by atoms with Gasteiger partial charge in [-0.05, 0) is 38.5 Å². The molecule has 2 N–H and O–H groups in total. The molecule has 0 aliphatic carbocycles. The van der Waals surface area contributed by atoms with E-state index < -0.39 is 0 Å². The fourth-order valence-corrected chi connectivity index (χ4v) is 2.95. The molecule has 2 heterocycles. The van der Waals surface area contributed by atoms with Crippen LogP contribution in [0.1, 0.15) is 32.6 Å². The van der Waals surface area contributed by atoms with E-state index in [9.17, 15) is 4.79 Å². The smallest absolute Gasteiger partial charge is 0.251 e. The number of carbonyl (C=O) groups is 1. The lowest BCUT2D eigenvalue weighted by molar-refractivity contribution is -0.145. The summed E-state index contributed by atoms with van der Waals surface area (Å²) in [4.78, 5) is 14.4. The molecular weight excluding hydrogens is 244 g/mol. The van der Waals surface area contributed by atoms with Crippen molar-refractivity contribution in [3.8, 4) is 0 Å². The third-order valence-electron chi connectivity index (χ3n) is 4.03. The Morgan fingerprint density at radius 3 is 2.95 bits per heavy atom. The second kappa shape index (κ2) is 7.22. The molecule has 1 unspecified atom stereocenters. The normalized spacial score (nSPS) is 31.7. The van der Waals surface area contributed by atoms with E-state index in [0.29, 0.717) is 12.5 Å². The number of nitrogens with two attached hydrogens (primary N) is 1. The Bertz CT molecular complexity index is 298. The fourth-order valence-electron chi connectivity index (χ4n) is 2.95. The van der Waals surface area contributed by atoms with Crippen molar-refractivity contribution in [2.24, 2.45) is 11.7 Å². The van der Waals surface area contributed by atoms with Crippen molar-refractivity contribution in [1.29, 1.82) is 0 Å². The third kappa shape index (κ3) is 3.91. The van der Waals surface area contributed by atoms with Crippen LogP contribution >= 0.6 is 0 Å². The Balaban J connectivity index is 1.81. The van der Waals surface area contributed by atoms with Crippen LogP contribution in [0, 0.1) is 5.92 Å². The van der Waals surface area contributed by atoms with Crippen molar-refractivity contribution < 1.29 is 14.3 Å². The molecule has 0 saturated carbocycles. The summed E-state index contributed by atoms with van der Waals surface area (Å²) in [7, 11) is 0. The number of nitrogens with zero attached hydrogens (tertiary/aromatic N) is 1. The van der Waals surface area contributed by atoms with E-state index in [1.54, 1.807) is 0 Å². The van der Waals surface area contributed by atoms with Gasteiger partial charge in [-0.1, -0.05) is 0 Å². The SMILES string of the molecule is CCOCC1CCCN(C(=O)[C@@H]2CC[C@H](CN)O2)C1. The predicted octanol–water partition coefficient (Wildman–Crippen LogP) is 0.768. The lowest BCUT2D eigenvalue weighted by atomic mass is 9.98. The number of amides is 1. The first-order valence-electron chi connectivity index (χ1n) is 7.46. The highest BCUT2D eigenvalue weighted by molar-refractivity contribution is 5.81. The maximum Gasteiger partial charge on any atom is 0.251 e. The number of hydrogen-bond donors (Lipinski definition) is 1. The minimum atomic E-state index is -0.264. The van der Waals surface area contributed by atoms with Crippen LogP contribution in [0.3, 0.4) is 0 Å². The van der Waals surface area contributed by atoms with Gasteiger partial charge in [0, 0.05) is 26.2 Å². The van der Waals surface area contributed by atoms with Crippen molar-refractivity contribution in [2.45, 2.75) is 44.8 Å². The number of piperidine rings is 1. The van der Waals surface area contributed by atoms with E-state index in [2.05, 4.69) is 0 Å². The summed E-state index contributed by atoms with van der Waals surface area (Å²) >= 11 is 0. The van der Waals surface area contributed by atoms with Crippen LogP contribution in [0.4, 0.5) is 0 Å². The van der Waals surface area contributed by atoms with Gasteiger partial charge >= 0.3 is 0 Å². The average molecular weight is 270 g/mol. The van der Waals surface area contributed by atoms with Gasteiger partial charge in [0.25, 0.3) is 5.91 Å². The number of hydrogen-bond acceptors (Lipinski definition) is 4. The molecule has 5 nitrogen and oxygen atoms in total. The van der Waals surface area contributed by atoms with Gasteiger partial charge < -0.3 is 20.1 Å². The number of likely N-dealkylation sites (tertiary alicyclic amines) is 1. The van der Waals surface area contributed by atoms with Crippen LogP contribution in [-0.2, 0) is 14.3 Å². The Kier molecular flexibility index (Phi) is 5.60. The molecule has 110 valence electrons. The molecule has 2 aliphatic rings. The lowest BCUT2D eigenvalue weighted by Crippen LogP contribution is -2.46. The molecule has 5 heteroatoms. The quantitative estimate of drug-likeness (QED) is 0.801. The maximum atomic E-state index is 12.4. The van der Waals surface area contributed by atoms with Crippen molar-refractivity contribution in [1.82, 2.24) is 4.90 Å². The minimum absolute atomic E-state index is 0.0676. The molecule has 0 spiro atoms. The Hall–Kier alpha value is -0.650. The van der Waals surface area contributed by atoms with Gasteiger partial charge in [0.1, 0.15) is 6.10 Å². The van der Waals surface area contributed by atoms with Crippen molar-refractivity contribution in [2.75, 3.05) is 32.8 Å². The van der Waals surface area contributed by atoms with Crippen molar-refractivity contribution >= 4 is 5.91 Å². The van der Waals surface area contributed by atoms with Gasteiger partial charge in [0.05, 0.1) is 12.7 Å². The van der Waals surface area contributed by atoms with E-state index in [-0.39, 0.29) is 18.1 Å². The third-order valence-corrected chi connectivity index (χ3v) is 4.03. The summed E-state index contributed by atoms with van der Waals surface area (Å²) in [5.74, 6) is 0.626. The molecule has 0 aromatic heterocycles. The van der Waals surface area contributed by atoms with Gasteiger partial charge in [-0.25, -0.2) is 0 Å². The zero-order valence-corrected chi connectivity index (χ0v) is 11.8. The number of rotatable bonds is 5. The van der Waals surface area contributed by atoms with Gasteiger partial charge in [-0.2, -0.15) is 0 Å². The zero-order valence-electron chi connectivity index (χ0n) is 11.8. The highest BCUT2D eigenvalue weighted by Crippen LogP contribution is 2.24. The Labute approximate surface area is 115 Å². The van der Waals surface area contributed by atoms with Crippen LogP contribution < -0.4 is 5.73 Å². The summed E-state index contributed by atoms with van der Waals surface area (Å²) in [5.41, 5.74) is 5.59. The first-order valence-corrected chi connectivity index (χ1v) is 7.46. The predicted molar refractivity (Wildman–Crippen MR) is 72.7 cm³/mol. The zero-order chi connectivity index (χ0) is 13.7. The minimum Gasteiger partial charge on any atom is -0.381 e. The molecule has 0 aromatic carbocycles. The molecule has 0 bridgehead atoms. The summed E-state index contributed by atoms with van der Waals surface area (Å²) < 4.78 is 11.2. The summed E-state index contributed by atoms with van der Waals surface area (Å²) in [6.45, 7) is 5.69. The van der Waals surface area contributed by atoms with Gasteiger partial charge in [-0.15, -0.1) is 0 Å². The van der Waals surface area contributed by atoms with E-state index in [4.69, 9.17) is 15.2 Å². The molecule has 2 saturated heterocycles. The summed E-state index contributed by atoms with van der Waals surface area (Å²) in [5, 5.41) is 0. The summed E-state index contributed by atoms with van der Waals surface area (Å²) in [6.07, 6.45) is 3.74. The van der Waals surface area contributed by atoms with Crippen LogP contribution in [0.2, 0.25) is 0 Å².